The summed E-state index contributed by atoms with van der Waals surface area (Å²) in [6, 6.07) is 14.0. The molecule has 0 bridgehead atoms. The van der Waals surface area contributed by atoms with Gasteiger partial charge in [0.1, 0.15) is 7.85 Å². The summed E-state index contributed by atoms with van der Waals surface area (Å²) >= 11 is 0. The van der Waals surface area contributed by atoms with Crippen molar-refractivity contribution in [2.24, 2.45) is 0 Å². The molecule has 0 aliphatic rings. The second-order valence-electron chi connectivity index (χ2n) is 4.61. The van der Waals surface area contributed by atoms with Crippen LogP contribution in [0.15, 0.2) is 42.5 Å². The van der Waals surface area contributed by atoms with Crippen LogP contribution in [0.1, 0.15) is 11.1 Å². The second-order valence-corrected chi connectivity index (χ2v) is 4.61. The van der Waals surface area contributed by atoms with E-state index in [-0.39, 0.29) is 6.61 Å². The maximum absolute atomic E-state index is 9.66. The predicted molar refractivity (Wildman–Crippen MR) is 77.5 cm³/mol. The number of hydrogen-bond acceptors (Lipinski definition) is 1. The highest BCUT2D eigenvalue weighted by atomic mass is 16.3. The molecule has 3 aromatic carbocycles. The molecule has 18 heavy (non-hydrogen) atoms. The Morgan fingerprint density at radius 2 is 1.61 bits per heavy atom. The van der Waals surface area contributed by atoms with Crippen molar-refractivity contribution >= 4 is 34.9 Å². The molecule has 0 saturated heterocycles. The van der Waals surface area contributed by atoms with E-state index in [1.54, 1.807) is 0 Å². The van der Waals surface area contributed by atoms with Crippen LogP contribution in [0.5, 0.6) is 0 Å². The molecule has 0 saturated carbocycles. The van der Waals surface area contributed by atoms with Gasteiger partial charge in [-0.2, -0.15) is 0 Å². The Labute approximate surface area is 107 Å². The van der Waals surface area contributed by atoms with Crippen molar-refractivity contribution < 1.29 is 5.11 Å². The lowest BCUT2D eigenvalue weighted by Gasteiger charge is -2.13. The number of aliphatic hydroxyl groups is 1. The molecule has 0 aromatic heterocycles. The van der Waals surface area contributed by atoms with Crippen LogP contribution in [-0.4, -0.2) is 13.0 Å². The lowest BCUT2D eigenvalue weighted by atomic mass is 9.87. The molecule has 0 aliphatic carbocycles. The van der Waals surface area contributed by atoms with E-state index >= 15 is 0 Å². The van der Waals surface area contributed by atoms with E-state index in [1.807, 2.05) is 30.3 Å². The zero-order valence-corrected chi connectivity index (χ0v) is 10.3. The molecule has 2 heteroatoms. The van der Waals surface area contributed by atoms with Crippen molar-refractivity contribution in [3.8, 4) is 0 Å². The summed E-state index contributed by atoms with van der Waals surface area (Å²) < 4.78 is 0. The highest BCUT2D eigenvalue weighted by Gasteiger charge is 2.10. The van der Waals surface area contributed by atoms with E-state index in [0.29, 0.717) is 0 Å². The third-order valence-corrected chi connectivity index (χ3v) is 3.59. The molecule has 3 aromatic rings. The lowest BCUT2D eigenvalue weighted by Crippen LogP contribution is -2.02. The quantitative estimate of drug-likeness (QED) is 0.505. The highest BCUT2D eigenvalue weighted by molar-refractivity contribution is 6.33. The largest absolute Gasteiger partial charge is 0.392 e. The van der Waals surface area contributed by atoms with E-state index < -0.39 is 0 Å². The maximum atomic E-state index is 9.66. The SMILES string of the molecule is [B]c1ccc2c(CO)c3ccccc3c(C)c2c1. The summed E-state index contributed by atoms with van der Waals surface area (Å²) in [6.45, 7) is 2.15. The van der Waals surface area contributed by atoms with Crippen molar-refractivity contribution in [3.05, 3.63) is 53.6 Å². The molecule has 86 valence electrons. The zero-order chi connectivity index (χ0) is 12.7. The van der Waals surface area contributed by atoms with Crippen LogP contribution in [0.4, 0.5) is 0 Å². The van der Waals surface area contributed by atoms with Crippen LogP contribution >= 0.6 is 0 Å². The summed E-state index contributed by atoms with van der Waals surface area (Å²) in [7, 11) is 5.87. The first kappa shape index (κ1) is 11.3. The normalized spacial score (nSPS) is 11.2. The van der Waals surface area contributed by atoms with E-state index in [9.17, 15) is 5.11 Å². The van der Waals surface area contributed by atoms with Gasteiger partial charge < -0.3 is 5.11 Å². The minimum absolute atomic E-state index is 0.0429. The van der Waals surface area contributed by atoms with Gasteiger partial charge >= 0.3 is 0 Å². The Kier molecular flexibility index (Phi) is 2.60. The predicted octanol–water partition coefficient (Wildman–Crippen LogP) is 2.59. The van der Waals surface area contributed by atoms with Gasteiger partial charge in [-0.3, -0.25) is 0 Å². The van der Waals surface area contributed by atoms with Crippen LogP contribution in [0.2, 0.25) is 0 Å². The molecule has 0 aliphatic heterocycles. The van der Waals surface area contributed by atoms with Crippen molar-refractivity contribution in [3.63, 3.8) is 0 Å². The van der Waals surface area contributed by atoms with Gasteiger partial charge in [0.15, 0.2) is 0 Å². The fourth-order valence-corrected chi connectivity index (χ4v) is 2.67. The number of hydrogen-bond donors (Lipinski definition) is 1. The lowest BCUT2D eigenvalue weighted by molar-refractivity contribution is 0.285. The van der Waals surface area contributed by atoms with Gasteiger partial charge in [0.25, 0.3) is 0 Å². The molecule has 3 rings (SSSR count). The van der Waals surface area contributed by atoms with Gasteiger partial charge in [-0.05, 0) is 39.6 Å². The number of rotatable bonds is 1. The maximum Gasteiger partial charge on any atom is 0.113 e. The molecule has 0 fully saturated rings. The van der Waals surface area contributed by atoms with Crippen molar-refractivity contribution in [2.45, 2.75) is 13.5 Å². The Hall–Kier alpha value is -1.80. The fourth-order valence-electron chi connectivity index (χ4n) is 2.67. The average molecular weight is 232 g/mol. The Morgan fingerprint density at radius 1 is 0.944 bits per heavy atom. The molecule has 0 heterocycles. The molecular formula is C16H13BO. The summed E-state index contributed by atoms with van der Waals surface area (Å²) in [5.74, 6) is 0. The molecule has 0 spiro atoms. The highest BCUT2D eigenvalue weighted by Crippen LogP contribution is 2.31. The molecule has 0 atom stereocenters. The van der Waals surface area contributed by atoms with Gasteiger partial charge in [0, 0.05) is 0 Å². The molecule has 0 unspecified atom stereocenters. The van der Waals surface area contributed by atoms with E-state index in [1.165, 1.54) is 10.9 Å². The molecule has 1 N–H and O–H groups in total. The standard InChI is InChI=1S/C16H13BO/c1-10-12-4-2-3-5-13(12)16(9-18)14-7-6-11(17)8-15(10)14/h2-8,18H,9H2,1H3. The minimum atomic E-state index is 0.0429. The molecule has 1 nitrogen and oxygen atoms in total. The topological polar surface area (TPSA) is 20.2 Å². The van der Waals surface area contributed by atoms with Gasteiger partial charge in [0.2, 0.25) is 0 Å². The fraction of sp³-hybridized carbons (Fsp3) is 0.125. The van der Waals surface area contributed by atoms with Crippen molar-refractivity contribution in [1.82, 2.24) is 0 Å². The summed E-state index contributed by atoms with van der Waals surface area (Å²) in [6.07, 6.45) is 0. The van der Waals surface area contributed by atoms with Gasteiger partial charge in [-0.25, -0.2) is 0 Å². The van der Waals surface area contributed by atoms with Crippen molar-refractivity contribution in [1.29, 1.82) is 0 Å². The Balaban J connectivity index is 2.61. The summed E-state index contributed by atoms with van der Waals surface area (Å²) in [5, 5.41) is 14.2. The summed E-state index contributed by atoms with van der Waals surface area (Å²) in [4.78, 5) is 0. The third-order valence-electron chi connectivity index (χ3n) is 3.59. The number of fused-ring (bicyclic) bond motifs is 2. The molecule has 2 radical (unpaired) electrons. The van der Waals surface area contributed by atoms with Gasteiger partial charge in [-0.15, -0.1) is 0 Å². The monoisotopic (exact) mass is 232 g/mol. The van der Waals surface area contributed by atoms with Gasteiger partial charge in [-0.1, -0.05) is 47.9 Å². The first-order chi connectivity index (χ1) is 8.72. The molecular weight excluding hydrogens is 219 g/mol. The van der Waals surface area contributed by atoms with E-state index in [2.05, 4.69) is 19.1 Å². The van der Waals surface area contributed by atoms with Crippen LogP contribution in [0.25, 0.3) is 21.5 Å². The van der Waals surface area contributed by atoms with E-state index in [0.717, 1.165) is 27.2 Å². The van der Waals surface area contributed by atoms with Crippen LogP contribution in [-0.2, 0) is 6.61 Å². The summed E-state index contributed by atoms with van der Waals surface area (Å²) in [5.41, 5.74) is 2.95. The Bertz CT molecular complexity index is 747. The van der Waals surface area contributed by atoms with Crippen molar-refractivity contribution in [2.75, 3.05) is 0 Å². The first-order valence-corrected chi connectivity index (χ1v) is 6.02. The number of benzene rings is 3. The third kappa shape index (κ3) is 1.53. The van der Waals surface area contributed by atoms with Crippen LogP contribution in [0, 0.1) is 6.92 Å². The smallest absolute Gasteiger partial charge is 0.113 e. The Morgan fingerprint density at radius 3 is 2.33 bits per heavy atom. The minimum Gasteiger partial charge on any atom is -0.392 e. The first-order valence-electron chi connectivity index (χ1n) is 6.02. The van der Waals surface area contributed by atoms with Crippen LogP contribution < -0.4 is 5.46 Å². The zero-order valence-electron chi connectivity index (χ0n) is 10.3. The second kappa shape index (κ2) is 4.15. The van der Waals surface area contributed by atoms with E-state index in [4.69, 9.17) is 7.85 Å². The number of aliphatic hydroxyl groups excluding tert-OH is 1. The average Bonchev–Trinajstić information content (AvgIpc) is 2.40. The molecule has 0 amide bonds. The van der Waals surface area contributed by atoms with Gasteiger partial charge in [0.05, 0.1) is 6.61 Å². The van der Waals surface area contributed by atoms with Crippen LogP contribution in [0.3, 0.4) is 0 Å². The number of aryl methyl sites for hydroxylation is 1.